The Morgan fingerprint density at radius 2 is 1.88 bits per heavy atom. The summed E-state index contributed by atoms with van der Waals surface area (Å²) < 4.78 is 0. The molecular formula is C20H24N2O2. The van der Waals surface area contributed by atoms with Gasteiger partial charge >= 0.3 is 0 Å². The topological polar surface area (TPSA) is 40.6 Å². The Bertz CT molecular complexity index is 736. The van der Waals surface area contributed by atoms with Gasteiger partial charge < -0.3 is 9.80 Å². The van der Waals surface area contributed by atoms with E-state index in [-0.39, 0.29) is 18.4 Å². The van der Waals surface area contributed by atoms with E-state index in [0.717, 1.165) is 24.8 Å². The smallest absolute Gasteiger partial charge is 0.242 e. The number of nitrogens with zero attached hydrogens (tertiary/aromatic N) is 2. The first-order valence-corrected chi connectivity index (χ1v) is 8.63. The van der Waals surface area contributed by atoms with Gasteiger partial charge in [-0.15, -0.1) is 0 Å². The van der Waals surface area contributed by atoms with Crippen LogP contribution in [0.25, 0.3) is 10.8 Å². The largest absolute Gasteiger partial charge is 0.340 e. The Kier molecular flexibility index (Phi) is 5.14. The molecule has 0 N–H and O–H groups in total. The summed E-state index contributed by atoms with van der Waals surface area (Å²) in [5, 5.41) is 2.35. The van der Waals surface area contributed by atoms with Gasteiger partial charge in [-0.3, -0.25) is 9.59 Å². The third kappa shape index (κ3) is 3.75. The van der Waals surface area contributed by atoms with Crippen molar-refractivity contribution >= 4 is 22.6 Å². The van der Waals surface area contributed by atoms with Crippen molar-refractivity contribution in [1.82, 2.24) is 9.80 Å². The zero-order valence-electron chi connectivity index (χ0n) is 14.2. The van der Waals surface area contributed by atoms with Crippen LogP contribution in [0.5, 0.6) is 0 Å². The maximum Gasteiger partial charge on any atom is 0.242 e. The summed E-state index contributed by atoms with van der Waals surface area (Å²) in [6, 6.07) is 14.4. The molecule has 0 aliphatic carbocycles. The predicted octanol–water partition coefficient (Wildman–Crippen LogP) is 3.20. The highest BCUT2D eigenvalue weighted by molar-refractivity contribution is 5.87. The van der Waals surface area contributed by atoms with E-state index in [0.29, 0.717) is 19.5 Å². The number of amides is 2. The number of likely N-dealkylation sites (tertiary alicyclic amines) is 1. The molecule has 4 heteroatoms. The summed E-state index contributed by atoms with van der Waals surface area (Å²) in [7, 11) is 1.81. The van der Waals surface area contributed by atoms with Crippen LogP contribution in [-0.2, 0) is 16.1 Å². The fourth-order valence-electron chi connectivity index (χ4n) is 3.26. The minimum Gasteiger partial charge on any atom is -0.340 e. The Hall–Kier alpha value is -2.36. The average molecular weight is 324 g/mol. The van der Waals surface area contributed by atoms with E-state index < -0.39 is 0 Å². The molecule has 0 radical (unpaired) electrons. The molecule has 0 bridgehead atoms. The van der Waals surface area contributed by atoms with Crippen LogP contribution in [0.1, 0.15) is 31.2 Å². The highest BCUT2D eigenvalue weighted by Crippen LogP contribution is 2.20. The third-order valence-electron chi connectivity index (χ3n) is 4.71. The molecule has 2 amide bonds. The zero-order chi connectivity index (χ0) is 16.9. The Balaban J connectivity index is 1.68. The van der Waals surface area contributed by atoms with Crippen molar-refractivity contribution < 1.29 is 9.59 Å². The molecule has 0 saturated carbocycles. The number of likely N-dealkylation sites (N-methyl/N-ethyl adjacent to an activating group) is 1. The Morgan fingerprint density at radius 3 is 2.75 bits per heavy atom. The first kappa shape index (κ1) is 16.5. The summed E-state index contributed by atoms with van der Waals surface area (Å²) in [4.78, 5) is 28.0. The minimum absolute atomic E-state index is 0.00168. The van der Waals surface area contributed by atoms with E-state index >= 15 is 0 Å². The molecule has 4 nitrogen and oxygen atoms in total. The van der Waals surface area contributed by atoms with Gasteiger partial charge in [0.05, 0.1) is 6.54 Å². The van der Waals surface area contributed by atoms with Crippen molar-refractivity contribution in [1.29, 1.82) is 0 Å². The molecular weight excluding hydrogens is 300 g/mol. The molecule has 3 rings (SSSR count). The number of fused-ring (bicyclic) bond motifs is 1. The van der Waals surface area contributed by atoms with Gasteiger partial charge in [0.1, 0.15) is 0 Å². The third-order valence-corrected chi connectivity index (χ3v) is 4.71. The molecule has 0 spiro atoms. The lowest BCUT2D eigenvalue weighted by molar-refractivity contribution is -0.139. The second-order valence-corrected chi connectivity index (χ2v) is 6.51. The summed E-state index contributed by atoms with van der Waals surface area (Å²) in [5.41, 5.74) is 1.13. The molecule has 1 aliphatic rings. The summed E-state index contributed by atoms with van der Waals surface area (Å²) in [6.07, 6.45) is 3.57. The van der Waals surface area contributed by atoms with E-state index in [1.807, 2.05) is 25.2 Å². The van der Waals surface area contributed by atoms with Crippen LogP contribution < -0.4 is 0 Å². The molecule has 0 unspecified atom stereocenters. The van der Waals surface area contributed by atoms with E-state index in [2.05, 4.69) is 24.3 Å². The molecule has 1 heterocycles. The van der Waals surface area contributed by atoms with Crippen molar-refractivity contribution in [3.05, 3.63) is 48.0 Å². The second kappa shape index (κ2) is 7.47. The summed E-state index contributed by atoms with van der Waals surface area (Å²) in [6.45, 7) is 1.45. The van der Waals surface area contributed by atoms with Crippen LogP contribution in [0.4, 0.5) is 0 Å². The number of benzene rings is 2. The van der Waals surface area contributed by atoms with Crippen LogP contribution in [-0.4, -0.2) is 41.8 Å². The van der Waals surface area contributed by atoms with Crippen LogP contribution >= 0.6 is 0 Å². The highest BCUT2D eigenvalue weighted by atomic mass is 16.2. The molecule has 1 saturated heterocycles. The summed E-state index contributed by atoms with van der Waals surface area (Å²) in [5.74, 6) is 0.109. The quantitative estimate of drug-likeness (QED) is 0.866. The molecule has 2 aromatic rings. The fraction of sp³-hybridized carbons (Fsp3) is 0.400. The van der Waals surface area contributed by atoms with Crippen LogP contribution in [0.15, 0.2) is 42.5 Å². The first-order chi connectivity index (χ1) is 11.6. The van der Waals surface area contributed by atoms with Crippen molar-refractivity contribution in [3.63, 3.8) is 0 Å². The number of hydrogen-bond acceptors (Lipinski definition) is 2. The van der Waals surface area contributed by atoms with Gasteiger partial charge in [0.2, 0.25) is 11.8 Å². The van der Waals surface area contributed by atoms with E-state index in [9.17, 15) is 9.59 Å². The normalized spacial score (nSPS) is 15.4. The van der Waals surface area contributed by atoms with Crippen LogP contribution in [0, 0.1) is 0 Å². The Morgan fingerprint density at radius 1 is 1.08 bits per heavy atom. The van der Waals surface area contributed by atoms with Gasteiger partial charge in [-0.25, -0.2) is 0 Å². The zero-order valence-corrected chi connectivity index (χ0v) is 14.2. The predicted molar refractivity (Wildman–Crippen MR) is 95.5 cm³/mol. The molecule has 0 atom stereocenters. The van der Waals surface area contributed by atoms with Crippen LogP contribution in [0.3, 0.4) is 0 Å². The van der Waals surface area contributed by atoms with Gasteiger partial charge in [0.25, 0.3) is 0 Å². The number of carbonyl (C=O) groups is 2. The van der Waals surface area contributed by atoms with Gasteiger partial charge in [-0.2, -0.15) is 0 Å². The first-order valence-electron chi connectivity index (χ1n) is 8.63. The molecule has 1 fully saturated rings. The van der Waals surface area contributed by atoms with Crippen molar-refractivity contribution in [2.45, 2.75) is 32.2 Å². The van der Waals surface area contributed by atoms with Crippen LogP contribution in [0.2, 0.25) is 0 Å². The fourth-order valence-corrected chi connectivity index (χ4v) is 3.26. The van der Waals surface area contributed by atoms with Gasteiger partial charge in [0, 0.05) is 26.6 Å². The maximum absolute atomic E-state index is 12.5. The van der Waals surface area contributed by atoms with Crippen molar-refractivity contribution in [2.75, 3.05) is 20.1 Å². The van der Waals surface area contributed by atoms with Crippen molar-refractivity contribution in [3.8, 4) is 0 Å². The summed E-state index contributed by atoms with van der Waals surface area (Å²) >= 11 is 0. The van der Waals surface area contributed by atoms with Crippen molar-refractivity contribution in [2.24, 2.45) is 0 Å². The Labute approximate surface area is 143 Å². The molecule has 24 heavy (non-hydrogen) atoms. The van der Waals surface area contributed by atoms with E-state index in [1.54, 1.807) is 9.80 Å². The van der Waals surface area contributed by atoms with Gasteiger partial charge in [-0.1, -0.05) is 48.9 Å². The molecule has 126 valence electrons. The second-order valence-electron chi connectivity index (χ2n) is 6.51. The van der Waals surface area contributed by atoms with E-state index in [4.69, 9.17) is 0 Å². The lowest BCUT2D eigenvalue weighted by atomic mass is 10.0. The number of hydrogen-bond donors (Lipinski definition) is 0. The molecule has 1 aliphatic heterocycles. The highest BCUT2D eigenvalue weighted by Gasteiger charge is 2.21. The lowest BCUT2D eigenvalue weighted by Crippen LogP contribution is -2.41. The van der Waals surface area contributed by atoms with Gasteiger partial charge in [-0.05, 0) is 29.2 Å². The standard InChI is InChI=1S/C20H24N2O2/c1-21(20(24)15-22-13-6-2-3-12-19(22)23)14-17-10-7-9-16-8-4-5-11-18(16)17/h4-5,7-11H,2-3,6,12-15H2,1H3. The maximum atomic E-state index is 12.5. The number of carbonyl (C=O) groups excluding carboxylic acids is 2. The molecule has 2 aromatic carbocycles. The monoisotopic (exact) mass is 324 g/mol. The van der Waals surface area contributed by atoms with Gasteiger partial charge in [0.15, 0.2) is 0 Å². The minimum atomic E-state index is -0.00168. The number of rotatable bonds is 4. The molecule has 0 aromatic heterocycles. The SMILES string of the molecule is CN(Cc1cccc2ccccc12)C(=O)CN1CCCCCC1=O. The average Bonchev–Trinajstić information content (AvgIpc) is 2.80. The lowest BCUT2D eigenvalue weighted by Gasteiger charge is -2.24. The van der Waals surface area contributed by atoms with E-state index in [1.165, 1.54) is 10.8 Å².